The van der Waals surface area contributed by atoms with Gasteiger partial charge in [-0.05, 0) is 49.1 Å². The molecule has 1 atom stereocenters. The van der Waals surface area contributed by atoms with Crippen molar-refractivity contribution in [3.63, 3.8) is 0 Å². The molecule has 2 aromatic heterocycles. The van der Waals surface area contributed by atoms with E-state index in [0.29, 0.717) is 17.8 Å². The summed E-state index contributed by atoms with van der Waals surface area (Å²) in [5.41, 5.74) is 4.16. The lowest BCUT2D eigenvalue weighted by atomic mass is 10.1. The average Bonchev–Trinajstić information content (AvgIpc) is 3.54. The summed E-state index contributed by atoms with van der Waals surface area (Å²) in [4.78, 5) is 9.03. The largest absolute Gasteiger partial charge is 0.377 e. The molecule has 0 bridgehead atoms. The minimum Gasteiger partial charge on any atom is -0.377 e. The third-order valence-electron chi connectivity index (χ3n) is 5.46. The Bertz CT molecular complexity index is 986. The van der Waals surface area contributed by atoms with Gasteiger partial charge in [0.05, 0.1) is 11.7 Å². The van der Waals surface area contributed by atoms with Gasteiger partial charge in [0.1, 0.15) is 6.61 Å². The van der Waals surface area contributed by atoms with Crippen LogP contribution in [0.2, 0.25) is 0 Å². The summed E-state index contributed by atoms with van der Waals surface area (Å²) >= 11 is 0. The fourth-order valence-electron chi connectivity index (χ4n) is 3.88. The summed E-state index contributed by atoms with van der Waals surface area (Å²) in [6, 6.07) is 8.73. The van der Waals surface area contributed by atoms with Crippen molar-refractivity contribution in [1.29, 1.82) is 5.26 Å². The van der Waals surface area contributed by atoms with Crippen LogP contribution in [0.25, 0.3) is 16.7 Å². The zero-order valence-electron chi connectivity index (χ0n) is 15.0. The first-order chi connectivity index (χ1) is 12.7. The molecule has 1 unspecified atom stereocenters. The molecule has 2 aliphatic carbocycles. The smallest absolute Gasteiger partial charge is 0.158 e. The third kappa shape index (κ3) is 2.74. The highest BCUT2D eigenvalue weighted by Crippen LogP contribution is 2.75. The second-order valence-electron chi connectivity index (χ2n) is 7.21. The van der Waals surface area contributed by atoms with Crippen molar-refractivity contribution in [3.8, 4) is 12.4 Å². The predicted octanol–water partition coefficient (Wildman–Crippen LogP) is 3.68. The molecule has 0 saturated heterocycles. The van der Waals surface area contributed by atoms with Gasteiger partial charge in [0.15, 0.2) is 11.6 Å². The van der Waals surface area contributed by atoms with Crippen LogP contribution in [-0.2, 0) is 11.3 Å². The predicted molar refractivity (Wildman–Crippen MR) is 97.8 cm³/mol. The molecule has 0 N–H and O–H groups in total. The van der Waals surface area contributed by atoms with Crippen molar-refractivity contribution >= 4 is 10.9 Å². The summed E-state index contributed by atoms with van der Waals surface area (Å²) in [6.07, 6.45) is 6.07. The molecule has 1 aromatic carbocycles. The molecule has 2 saturated carbocycles. The van der Waals surface area contributed by atoms with Gasteiger partial charge < -0.3 is 4.74 Å². The Hall–Kier alpha value is -2.78. The highest BCUT2D eigenvalue weighted by molar-refractivity contribution is 5.81. The van der Waals surface area contributed by atoms with Crippen LogP contribution < -0.4 is 0 Å². The number of benzene rings is 1. The number of rotatable bonds is 4. The van der Waals surface area contributed by atoms with Gasteiger partial charge in [0.25, 0.3) is 0 Å². The molecule has 0 amide bonds. The Morgan fingerprint density at radius 1 is 1.27 bits per heavy atom. The van der Waals surface area contributed by atoms with Gasteiger partial charge in [0.2, 0.25) is 0 Å². The van der Waals surface area contributed by atoms with E-state index >= 15 is 0 Å². The van der Waals surface area contributed by atoms with Gasteiger partial charge in [-0.15, -0.1) is 0 Å². The summed E-state index contributed by atoms with van der Waals surface area (Å²) in [5.74, 6) is 2.24. The van der Waals surface area contributed by atoms with Crippen LogP contribution in [0.15, 0.2) is 30.5 Å². The average molecular weight is 347 g/mol. The van der Waals surface area contributed by atoms with E-state index in [1.165, 1.54) is 24.8 Å². The molecule has 2 aliphatic rings. The van der Waals surface area contributed by atoms with E-state index in [-0.39, 0.29) is 0 Å². The Balaban J connectivity index is 0.000000814. The Morgan fingerprint density at radius 3 is 2.77 bits per heavy atom. The van der Waals surface area contributed by atoms with Gasteiger partial charge in [-0.1, -0.05) is 12.1 Å². The first kappa shape index (κ1) is 16.7. The number of methoxy groups -OCH3 is 1. The molecular formula is C20H21N5O. The topological polar surface area (TPSA) is 76.6 Å². The second kappa shape index (κ2) is 6.19. The minimum absolute atomic E-state index is 0.406. The number of nitrogens with zero attached hydrogens (tertiary/aromatic N) is 5. The Kier molecular flexibility index (Phi) is 3.97. The number of aromatic nitrogens is 4. The zero-order valence-corrected chi connectivity index (χ0v) is 15.0. The maximum Gasteiger partial charge on any atom is 0.158 e. The Morgan fingerprint density at radius 2 is 2.08 bits per heavy atom. The van der Waals surface area contributed by atoms with E-state index in [1.54, 1.807) is 7.11 Å². The molecule has 6 heteroatoms. The van der Waals surface area contributed by atoms with E-state index in [9.17, 15) is 0 Å². The quantitative estimate of drug-likeness (QED) is 0.719. The first-order valence-electron chi connectivity index (χ1n) is 8.76. The lowest BCUT2D eigenvalue weighted by Crippen LogP contribution is -2.06. The summed E-state index contributed by atoms with van der Waals surface area (Å²) in [7, 11) is 1.66. The summed E-state index contributed by atoms with van der Waals surface area (Å²) in [5, 5.41) is 12.2. The van der Waals surface area contributed by atoms with Crippen LogP contribution in [0, 0.1) is 24.2 Å². The zero-order chi connectivity index (χ0) is 18.3. The molecule has 132 valence electrons. The van der Waals surface area contributed by atoms with Gasteiger partial charge in [-0.25, -0.2) is 19.9 Å². The molecular weight excluding hydrogens is 326 g/mol. The fourth-order valence-corrected chi connectivity index (χ4v) is 3.88. The molecule has 0 radical (unpaired) electrons. The van der Waals surface area contributed by atoms with E-state index < -0.39 is 0 Å². The van der Waals surface area contributed by atoms with Crippen molar-refractivity contribution in [1.82, 2.24) is 19.7 Å². The third-order valence-corrected chi connectivity index (χ3v) is 5.46. The Labute approximate surface area is 152 Å². The maximum absolute atomic E-state index is 6.50. The lowest BCUT2D eigenvalue weighted by Gasteiger charge is -2.07. The molecule has 2 heterocycles. The van der Waals surface area contributed by atoms with Crippen LogP contribution in [0.5, 0.6) is 0 Å². The molecule has 26 heavy (non-hydrogen) atoms. The van der Waals surface area contributed by atoms with Gasteiger partial charge >= 0.3 is 0 Å². The first-order valence-corrected chi connectivity index (χ1v) is 8.76. The van der Waals surface area contributed by atoms with E-state index in [4.69, 9.17) is 10.00 Å². The van der Waals surface area contributed by atoms with E-state index in [0.717, 1.165) is 28.3 Å². The SMILES string of the molecule is C#N.COCc1nc(C)cc(-n2ncc3ccc(C4CC45CC5)cc32)n1. The maximum atomic E-state index is 6.50. The van der Waals surface area contributed by atoms with Crippen molar-refractivity contribution in [3.05, 3.63) is 47.5 Å². The van der Waals surface area contributed by atoms with Crippen molar-refractivity contribution in [2.75, 3.05) is 7.11 Å². The summed E-state index contributed by atoms with van der Waals surface area (Å²) < 4.78 is 7.10. The fraction of sp³-hybridized carbons (Fsp3) is 0.400. The lowest BCUT2D eigenvalue weighted by molar-refractivity contribution is 0.177. The minimum atomic E-state index is 0.406. The van der Waals surface area contributed by atoms with Crippen LogP contribution in [0.3, 0.4) is 0 Å². The molecule has 6 nitrogen and oxygen atoms in total. The van der Waals surface area contributed by atoms with Crippen molar-refractivity contribution in [2.45, 2.75) is 38.7 Å². The molecule has 2 fully saturated rings. The molecule has 0 aliphatic heterocycles. The monoisotopic (exact) mass is 347 g/mol. The number of hydrogen-bond donors (Lipinski definition) is 0. The number of fused-ring (bicyclic) bond motifs is 1. The number of ether oxygens (including phenoxy) is 1. The highest BCUT2D eigenvalue weighted by Gasteiger charge is 2.62. The van der Waals surface area contributed by atoms with E-state index in [2.05, 4.69) is 39.8 Å². The van der Waals surface area contributed by atoms with Crippen LogP contribution >= 0.6 is 0 Å². The molecule has 1 spiro atoms. The number of hydrogen-bond acceptors (Lipinski definition) is 5. The van der Waals surface area contributed by atoms with Gasteiger partial charge in [0, 0.05) is 30.8 Å². The van der Waals surface area contributed by atoms with Crippen LogP contribution in [0.1, 0.15) is 42.3 Å². The van der Waals surface area contributed by atoms with Crippen molar-refractivity contribution < 1.29 is 4.74 Å². The molecule has 5 rings (SSSR count). The standard InChI is InChI=1S/C19H20N4O.CHN/c1-12-7-18(22-17(21-12)11-24-2)23-16-8-13(3-4-14(16)10-20-23)15-9-19(15)5-6-19;1-2/h3-4,7-8,10,15H,5-6,9,11H2,1-2H3;1H. The highest BCUT2D eigenvalue weighted by atomic mass is 16.5. The van der Waals surface area contributed by atoms with Gasteiger partial charge in [-0.2, -0.15) is 5.10 Å². The molecule has 3 aromatic rings. The number of nitriles is 1. The summed E-state index contributed by atoms with van der Waals surface area (Å²) in [6.45, 7) is 5.88. The number of aryl methyl sites for hydroxylation is 1. The van der Waals surface area contributed by atoms with Crippen LogP contribution in [0.4, 0.5) is 0 Å². The second-order valence-corrected chi connectivity index (χ2v) is 7.21. The van der Waals surface area contributed by atoms with Gasteiger partial charge in [-0.3, -0.25) is 0 Å². The normalized spacial score (nSPS) is 19.2. The van der Waals surface area contributed by atoms with Crippen LogP contribution in [-0.4, -0.2) is 26.9 Å². The van der Waals surface area contributed by atoms with E-state index in [1.807, 2.05) is 23.9 Å². The van der Waals surface area contributed by atoms with Crippen molar-refractivity contribution in [2.24, 2.45) is 5.41 Å².